The van der Waals surface area contributed by atoms with E-state index in [-0.39, 0.29) is 6.04 Å². The quantitative estimate of drug-likeness (QED) is 0.600. The number of piperazine rings is 1. The molecule has 4 heteroatoms. The Bertz CT molecular complexity index is 1010. The molecule has 1 fully saturated rings. The highest BCUT2D eigenvalue weighted by Gasteiger charge is 2.27. The van der Waals surface area contributed by atoms with Crippen molar-refractivity contribution >= 4 is 27.7 Å². The number of nitrogens with one attached hydrogen (secondary N) is 1. The maximum atomic E-state index is 6.14. The number of anilines is 1. The van der Waals surface area contributed by atoms with Crippen molar-refractivity contribution in [3.63, 3.8) is 0 Å². The lowest BCUT2D eigenvalue weighted by atomic mass is 10.1. The van der Waals surface area contributed by atoms with Gasteiger partial charge in [-0.2, -0.15) is 0 Å². The number of pyridine rings is 1. The van der Waals surface area contributed by atoms with E-state index in [0.29, 0.717) is 0 Å². The SMILES string of the molecule is c1ccc2nc(N3CCNCC3c3cc4ccccc4o3)ccc2c1. The van der Waals surface area contributed by atoms with Crippen molar-refractivity contribution in [1.82, 2.24) is 10.3 Å². The van der Waals surface area contributed by atoms with Gasteiger partial charge in [-0.1, -0.05) is 36.4 Å². The first-order valence-electron chi connectivity index (χ1n) is 8.70. The van der Waals surface area contributed by atoms with Crippen LogP contribution in [0.1, 0.15) is 11.8 Å². The first-order chi connectivity index (χ1) is 12.4. The summed E-state index contributed by atoms with van der Waals surface area (Å²) in [6.45, 7) is 2.71. The van der Waals surface area contributed by atoms with Crippen molar-refractivity contribution in [3.05, 3.63) is 72.5 Å². The molecule has 4 nitrogen and oxygen atoms in total. The zero-order valence-corrected chi connectivity index (χ0v) is 13.9. The second-order valence-electron chi connectivity index (χ2n) is 6.46. The standard InChI is InChI=1S/C21H19N3O/c1-3-7-17-15(5-1)9-10-21(23-17)24-12-11-22-14-18(24)20-13-16-6-2-4-8-19(16)25-20/h1-10,13,18,22H,11-12,14H2. The molecule has 0 saturated carbocycles. The molecule has 0 spiro atoms. The molecular formula is C21H19N3O. The Morgan fingerprint density at radius 3 is 2.72 bits per heavy atom. The largest absolute Gasteiger partial charge is 0.459 e. The maximum Gasteiger partial charge on any atom is 0.134 e. The summed E-state index contributed by atoms with van der Waals surface area (Å²) in [5, 5.41) is 5.80. The molecule has 124 valence electrons. The van der Waals surface area contributed by atoms with Gasteiger partial charge in [-0.05, 0) is 30.3 Å². The molecule has 1 aliphatic rings. The summed E-state index contributed by atoms with van der Waals surface area (Å²) in [6.07, 6.45) is 0. The van der Waals surface area contributed by atoms with Gasteiger partial charge in [-0.3, -0.25) is 0 Å². The summed E-state index contributed by atoms with van der Waals surface area (Å²) in [6, 6.07) is 23.0. The molecule has 1 aliphatic heterocycles. The average molecular weight is 329 g/mol. The van der Waals surface area contributed by atoms with Crippen LogP contribution in [0.3, 0.4) is 0 Å². The van der Waals surface area contributed by atoms with Crippen molar-refractivity contribution < 1.29 is 4.42 Å². The zero-order chi connectivity index (χ0) is 16.6. The minimum atomic E-state index is 0.148. The molecule has 0 aliphatic carbocycles. The number of rotatable bonds is 2. The van der Waals surface area contributed by atoms with Crippen molar-refractivity contribution in [2.75, 3.05) is 24.5 Å². The summed E-state index contributed by atoms with van der Waals surface area (Å²) < 4.78 is 6.14. The maximum absolute atomic E-state index is 6.14. The van der Waals surface area contributed by atoms with E-state index in [9.17, 15) is 0 Å². The minimum absolute atomic E-state index is 0.148. The van der Waals surface area contributed by atoms with Gasteiger partial charge < -0.3 is 14.6 Å². The van der Waals surface area contributed by atoms with Gasteiger partial charge in [0, 0.05) is 30.4 Å². The molecular weight excluding hydrogens is 310 g/mol. The second-order valence-corrected chi connectivity index (χ2v) is 6.46. The molecule has 1 N–H and O–H groups in total. The first kappa shape index (κ1) is 14.5. The molecule has 5 rings (SSSR count). The lowest BCUT2D eigenvalue weighted by molar-refractivity contribution is 0.415. The Morgan fingerprint density at radius 1 is 0.960 bits per heavy atom. The number of aromatic nitrogens is 1. The van der Waals surface area contributed by atoms with Gasteiger partial charge >= 0.3 is 0 Å². The number of fused-ring (bicyclic) bond motifs is 2. The molecule has 0 bridgehead atoms. The van der Waals surface area contributed by atoms with Crippen LogP contribution in [0, 0.1) is 0 Å². The fourth-order valence-corrected chi connectivity index (χ4v) is 3.61. The number of nitrogens with zero attached hydrogens (tertiary/aromatic N) is 2. The highest BCUT2D eigenvalue weighted by molar-refractivity contribution is 5.80. The fourth-order valence-electron chi connectivity index (χ4n) is 3.61. The lowest BCUT2D eigenvalue weighted by Crippen LogP contribution is -2.46. The van der Waals surface area contributed by atoms with Crippen LogP contribution in [-0.4, -0.2) is 24.6 Å². The van der Waals surface area contributed by atoms with E-state index in [1.807, 2.05) is 30.3 Å². The van der Waals surface area contributed by atoms with Crippen LogP contribution in [-0.2, 0) is 0 Å². The van der Waals surface area contributed by atoms with Crippen LogP contribution in [0.15, 0.2) is 71.1 Å². The molecule has 1 atom stereocenters. The summed E-state index contributed by atoms with van der Waals surface area (Å²) in [5.41, 5.74) is 1.97. The predicted molar refractivity (Wildman–Crippen MR) is 101 cm³/mol. The lowest BCUT2D eigenvalue weighted by Gasteiger charge is -2.36. The van der Waals surface area contributed by atoms with E-state index in [1.165, 1.54) is 5.39 Å². The van der Waals surface area contributed by atoms with Gasteiger partial charge in [0.1, 0.15) is 23.2 Å². The molecule has 0 amide bonds. The smallest absolute Gasteiger partial charge is 0.134 e. The van der Waals surface area contributed by atoms with Crippen LogP contribution in [0.2, 0.25) is 0 Å². The van der Waals surface area contributed by atoms with Crippen LogP contribution < -0.4 is 10.2 Å². The molecule has 2 aromatic carbocycles. The van der Waals surface area contributed by atoms with Crippen LogP contribution in [0.5, 0.6) is 0 Å². The third kappa shape index (κ3) is 2.55. The molecule has 25 heavy (non-hydrogen) atoms. The van der Waals surface area contributed by atoms with Crippen LogP contribution >= 0.6 is 0 Å². The number of furan rings is 1. The normalized spacial score (nSPS) is 18.1. The Hall–Kier alpha value is -2.85. The predicted octanol–water partition coefficient (Wildman–Crippen LogP) is 4.13. The minimum Gasteiger partial charge on any atom is -0.459 e. The molecule has 0 radical (unpaired) electrons. The Morgan fingerprint density at radius 2 is 1.80 bits per heavy atom. The van der Waals surface area contributed by atoms with Crippen molar-refractivity contribution in [3.8, 4) is 0 Å². The Kier molecular flexibility index (Phi) is 3.42. The van der Waals surface area contributed by atoms with Crippen LogP contribution in [0.4, 0.5) is 5.82 Å². The third-order valence-corrected chi connectivity index (χ3v) is 4.89. The molecule has 3 heterocycles. The van der Waals surface area contributed by atoms with Gasteiger partial charge in [-0.25, -0.2) is 4.98 Å². The van der Waals surface area contributed by atoms with Gasteiger partial charge in [0.25, 0.3) is 0 Å². The van der Waals surface area contributed by atoms with Gasteiger partial charge in [0.05, 0.1) is 5.52 Å². The number of benzene rings is 2. The molecule has 4 aromatic rings. The Labute approximate surface area is 146 Å². The summed E-state index contributed by atoms with van der Waals surface area (Å²) >= 11 is 0. The van der Waals surface area contributed by atoms with Crippen molar-refractivity contribution in [2.24, 2.45) is 0 Å². The first-order valence-corrected chi connectivity index (χ1v) is 8.70. The monoisotopic (exact) mass is 329 g/mol. The summed E-state index contributed by atoms with van der Waals surface area (Å²) in [4.78, 5) is 7.23. The summed E-state index contributed by atoms with van der Waals surface area (Å²) in [7, 11) is 0. The van der Waals surface area contributed by atoms with E-state index in [1.54, 1.807) is 0 Å². The van der Waals surface area contributed by atoms with E-state index >= 15 is 0 Å². The number of hydrogen-bond donors (Lipinski definition) is 1. The topological polar surface area (TPSA) is 41.3 Å². The van der Waals surface area contributed by atoms with Crippen molar-refractivity contribution in [1.29, 1.82) is 0 Å². The van der Waals surface area contributed by atoms with Crippen LogP contribution in [0.25, 0.3) is 21.9 Å². The zero-order valence-electron chi connectivity index (χ0n) is 13.9. The average Bonchev–Trinajstić information content (AvgIpc) is 3.12. The summed E-state index contributed by atoms with van der Waals surface area (Å²) in [5.74, 6) is 1.99. The fraction of sp³-hybridized carbons (Fsp3) is 0.190. The van der Waals surface area contributed by atoms with Gasteiger partial charge in [0.15, 0.2) is 0 Å². The number of hydrogen-bond acceptors (Lipinski definition) is 4. The Balaban J connectivity index is 1.57. The number of para-hydroxylation sites is 2. The van der Waals surface area contributed by atoms with Gasteiger partial charge in [-0.15, -0.1) is 0 Å². The van der Waals surface area contributed by atoms with Gasteiger partial charge in [0.2, 0.25) is 0 Å². The highest BCUT2D eigenvalue weighted by Crippen LogP contribution is 2.32. The molecule has 1 unspecified atom stereocenters. The van der Waals surface area contributed by atoms with E-state index in [0.717, 1.165) is 47.7 Å². The van der Waals surface area contributed by atoms with Crippen molar-refractivity contribution in [2.45, 2.75) is 6.04 Å². The second kappa shape index (κ2) is 5.90. The molecule has 2 aromatic heterocycles. The van der Waals surface area contributed by atoms with E-state index in [4.69, 9.17) is 9.40 Å². The van der Waals surface area contributed by atoms with E-state index < -0.39 is 0 Å². The highest BCUT2D eigenvalue weighted by atomic mass is 16.3. The third-order valence-electron chi connectivity index (χ3n) is 4.89. The molecule has 1 saturated heterocycles. The van der Waals surface area contributed by atoms with E-state index in [2.05, 4.69) is 46.6 Å².